The van der Waals surface area contributed by atoms with Crippen molar-refractivity contribution in [1.29, 1.82) is 0 Å². The van der Waals surface area contributed by atoms with Crippen LogP contribution in [-0.2, 0) is 0 Å². The van der Waals surface area contributed by atoms with Gasteiger partial charge in [0.25, 0.3) is 5.88 Å². The molecule has 28 heavy (non-hydrogen) atoms. The molecule has 2 aromatic heterocycles. The number of nitrogens with one attached hydrogen (secondary N) is 1. The van der Waals surface area contributed by atoms with Crippen LogP contribution in [0.5, 0.6) is 5.88 Å². The zero-order valence-corrected chi connectivity index (χ0v) is 16.3. The van der Waals surface area contributed by atoms with Crippen molar-refractivity contribution in [3.8, 4) is 5.88 Å². The van der Waals surface area contributed by atoms with E-state index in [1.54, 1.807) is 23.7 Å². The van der Waals surface area contributed by atoms with E-state index in [4.69, 9.17) is 4.74 Å². The quantitative estimate of drug-likeness (QED) is 0.684. The number of piperidine rings is 1. The Morgan fingerprint density at radius 1 is 1.11 bits per heavy atom. The summed E-state index contributed by atoms with van der Waals surface area (Å²) in [4.78, 5) is 15.7. The van der Waals surface area contributed by atoms with Crippen LogP contribution in [0.1, 0.15) is 25.7 Å². The van der Waals surface area contributed by atoms with Crippen LogP contribution in [0.2, 0.25) is 0 Å². The van der Waals surface area contributed by atoms with Crippen molar-refractivity contribution < 1.29 is 9.84 Å². The first-order chi connectivity index (χ1) is 13.7. The molecule has 2 aliphatic rings. The van der Waals surface area contributed by atoms with Gasteiger partial charge in [-0.3, -0.25) is 0 Å². The SMILES string of the molecule is OC1CCN(c2nccnc2OC2CC(Nc3nc4ccccc4s3)C2)CC1. The molecule has 2 N–H and O–H groups in total. The van der Waals surface area contributed by atoms with E-state index in [2.05, 4.69) is 31.2 Å². The summed E-state index contributed by atoms with van der Waals surface area (Å²) in [5, 5.41) is 14.2. The number of para-hydroxylation sites is 1. The second-order valence-electron chi connectivity index (χ2n) is 7.44. The predicted octanol–water partition coefficient (Wildman–Crippen LogP) is 3.07. The molecular formula is C20H23N5O2S. The number of nitrogens with zero attached hydrogens (tertiary/aromatic N) is 4. The summed E-state index contributed by atoms with van der Waals surface area (Å²) in [6.07, 6.45) is 6.66. The molecule has 1 aromatic carbocycles. The molecule has 8 heteroatoms. The molecule has 2 fully saturated rings. The second kappa shape index (κ2) is 7.52. The molecule has 1 saturated heterocycles. The van der Waals surface area contributed by atoms with E-state index in [1.807, 2.05) is 18.2 Å². The summed E-state index contributed by atoms with van der Waals surface area (Å²) in [5.74, 6) is 1.39. The molecule has 7 nitrogen and oxygen atoms in total. The van der Waals surface area contributed by atoms with E-state index < -0.39 is 0 Å². The molecule has 0 bridgehead atoms. The maximum Gasteiger partial charge on any atom is 0.257 e. The summed E-state index contributed by atoms with van der Waals surface area (Å²) < 4.78 is 7.36. The van der Waals surface area contributed by atoms with Crippen molar-refractivity contribution in [3.05, 3.63) is 36.7 Å². The van der Waals surface area contributed by atoms with Crippen LogP contribution in [0.3, 0.4) is 0 Å². The molecule has 1 saturated carbocycles. The fourth-order valence-corrected chi connectivity index (χ4v) is 4.68. The van der Waals surface area contributed by atoms with Crippen molar-refractivity contribution in [2.45, 2.75) is 43.9 Å². The third kappa shape index (κ3) is 3.62. The topological polar surface area (TPSA) is 83.4 Å². The third-order valence-corrected chi connectivity index (χ3v) is 6.37. The zero-order valence-electron chi connectivity index (χ0n) is 15.5. The van der Waals surface area contributed by atoms with Gasteiger partial charge in [-0.25, -0.2) is 15.0 Å². The van der Waals surface area contributed by atoms with Crippen LogP contribution in [-0.4, -0.2) is 51.4 Å². The van der Waals surface area contributed by atoms with Crippen molar-refractivity contribution in [2.75, 3.05) is 23.3 Å². The normalized spacial score (nSPS) is 22.8. The van der Waals surface area contributed by atoms with Gasteiger partial charge in [0.2, 0.25) is 0 Å². The molecular weight excluding hydrogens is 374 g/mol. The van der Waals surface area contributed by atoms with E-state index in [0.29, 0.717) is 11.9 Å². The van der Waals surface area contributed by atoms with Crippen LogP contribution in [0.4, 0.5) is 10.9 Å². The molecule has 0 atom stereocenters. The van der Waals surface area contributed by atoms with E-state index in [0.717, 1.165) is 55.2 Å². The predicted molar refractivity (Wildman–Crippen MR) is 110 cm³/mol. The van der Waals surface area contributed by atoms with E-state index in [1.165, 1.54) is 4.70 Å². The molecule has 0 amide bonds. The maximum atomic E-state index is 9.73. The number of aliphatic hydroxyl groups excluding tert-OH is 1. The highest BCUT2D eigenvalue weighted by molar-refractivity contribution is 7.22. The molecule has 3 heterocycles. The molecule has 3 aromatic rings. The van der Waals surface area contributed by atoms with Gasteiger partial charge in [-0.05, 0) is 25.0 Å². The molecule has 146 valence electrons. The first-order valence-corrected chi connectivity index (χ1v) is 10.6. The lowest BCUT2D eigenvalue weighted by Crippen LogP contribution is -2.43. The van der Waals surface area contributed by atoms with Gasteiger partial charge in [0, 0.05) is 44.4 Å². The lowest BCUT2D eigenvalue weighted by Gasteiger charge is -2.36. The lowest BCUT2D eigenvalue weighted by atomic mass is 9.89. The summed E-state index contributed by atoms with van der Waals surface area (Å²) in [7, 11) is 0. The number of aliphatic hydroxyl groups is 1. The number of thiazole rings is 1. The number of benzene rings is 1. The van der Waals surface area contributed by atoms with Crippen LogP contribution in [0, 0.1) is 0 Å². The first-order valence-electron chi connectivity index (χ1n) is 9.77. The zero-order chi connectivity index (χ0) is 18.9. The van der Waals surface area contributed by atoms with Gasteiger partial charge < -0.3 is 20.1 Å². The van der Waals surface area contributed by atoms with Gasteiger partial charge in [-0.15, -0.1) is 0 Å². The van der Waals surface area contributed by atoms with Crippen molar-refractivity contribution in [1.82, 2.24) is 15.0 Å². The van der Waals surface area contributed by atoms with Gasteiger partial charge in [-0.2, -0.15) is 0 Å². The standard InChI is InChI=1S/C20H23N5O2S/c26-14-5-9-25(10-6-14)18-19(22-8-7-21-18)27-15-11-13(12-15)23-20-24-16-3-1-2-4-17(16)28-20/h1-4,7-8,13-15,26H,5-6,9-12H2,(H,23,24). The van der Waals surface area contributed by atoms with Crippen LogP contribution in [0.15, 0.2) is 36.7 Å². The summed E-state index contributed by atoms with van der Waals surface area (Å²) in [6, 6.07) is 8.56. The minimum absolute atomic E-state index is 0.137. The number of hydrogen-bond donors (Lipinski definition) is 2. The number of aromatic nitrogens is 3. The highest BCUT2D eigenvalue weighted by atomic mass is 32.1. The fourth-order valence-electron chi connectivity index (χ4n) is 3.74. The van der Waals surface area contributed by atoms with Crippen LogP contribution >= 0.6 is 11.3 Å². The highest BCUT2D eigenvalue weighted by Gasteiger charge is 2.33. The Hall–Kier alpha value is -2.45. The molecule has 1 aliphatic heterocycles. The van der Waals surface area contributed by atoms with Gasteiger partial charge in [0.15, 0.2) is 10.9 Å². The Balaban J connectivity index is 1.18. The van der Waals surface area contributed by atoms with E-state index in [9.17, 15) is 5.11 Å². The largest absolute Gasteiger partial charge is 0.472 e. The Morgan fingerprint density at radius 3 is 2.71 bits per heavy atom. The maximum absolute atomic E-state index is 9.73. The number of fused-ring (bicyclic) bond motifs is 1. The molecule has 1 aliphatic carbocycles. The van der Waals surface area contributed by atoms with Gasteiger partial charge in [0.1, 0.15) is 6.10 Å². The van der Waals surface area contributed by atoms with Gasteiger partial charge in [-0.1, -0.05) is 23.5 Å². The minimum Gasteiger partial charge on any atom is -0.472 e. The summed E-state index contributed by atoms with van der Waals surface area (Å²) >= 11 is 1.69. The fraction of sp³-hybridized carbons (Fsp3) is 0.450. The Bertz CT molecular complexity index is 917. The number of rotatable bonds is 5. The Labute approximate surface area is 167 Å². The number of hydrogen-bond acceptors (Lipinski definition) is 8. The highest BCUT2D eigenvalue weighted by Crippen LogP contribution is 2.34. The molecule has 0 spiro atoms. The third-order valence-electron chi connectivity index (χ3n) is 5.41. The van der Waals surface area contributed by atoms with Crippen molar-refractivity contribution in [2.24, 2.45) is 0 Å². The number of anilines is 2. The smallest absolute Gasteiger partial charge is 0.257 e. The monoisotopic (exact) mass is 397 g/mol. The average Bonchev–Trinajstić information content (AvgIpc) is 3.10. The first kappa shape index (κ1) is 17.6. The average molecular weight is 398 g/mol. The van der Waals surface area contributed by atoms with E-state index >= 15 is 0 Å². The lowest BCUT2D eigenvalue weighted by molar-refractivity contribution is 0.102. The Morgan fingerprint density at radius 2 is 1.89 bits per heavy atom. The molecule has 0 unspecified atom stereocenters. The van der Waals surface area contributed by atoms with Crippen LogP contribution < -0.4 is 15.0 Å². The molecule has 5 rings (SSSR count). The second-order valence-corrected chi connectivity index (χ2v) is 8.47. The minimum atomic E-state index is -0.210. The summed E-state index contributed by atoms with van der Waals surface area (Å²) in [6.45, 7) is 1.56. The molecule has 0 radical (unpaired) electrons. The van der Waals surface area contributed by atoms with Gasteiger partial charge >= 0.3 is 0 Å². The number of ether oxygens (including phenoxy) is 1. The van der Waals surface area contributed by atoms with Crippen LogP contribution in [0.25, 0.3) is 10.2 Å². The van der Waals surface area contributed by atoms with E-state index in [-0.39, 0.29) is 12.2 Å². The summed E-state index contributed by atoms with van der Waals surface area (Å²) in [5.41, 5.74) is 1.04. The Kier molecular flexibility index (Phi) is 4.74. The van der Waals surface area contributed by atoms with Crippen molar-refractivity contribution in [3.63, 3.8) is 0 Å². The van der Waals surface area contributed by atoms with Gasteiger partial charge in [0.05, 0.1) is 16.3 Å². The van der Waals surface area contributed by atoms with Crippen molar-refractivity contribution >= 4 is 32.5 Å².